The third-order valence-corrected chi connectivity index (χ3v) is 6.82. The Hall–Kier alpha value is -5.38. The van der Waals surface area contributed by atoms with Crippen molar-refractivity contribution in [3.8, 4) is 11.5 Å². The Morgan fingerprint density at radius 2 is 1.79 bits per heavy atom. The SMILES string of the molecule is CCOC(=O)C1=C(C)N=c2[nH]/c(=C\c3ccc(OCc4ccc(C(=O)O)cc4)c(OC)c3)c(=O)n2C1c1ccccc1. The lowest BCUT2D eigenvalue weighted by Gasteiger charge is -2.24. The van der Waals surface area contributed by atoms with E-state index < -0.39 is 18.0 Å². The highest BCUT2D eigenvalue weighted by Gasteiger charge is 2.33. The molecular formula is C32H29N3O7. The molecule has 4 aromatic rings. The average molecular weight is 568 g/mol. The van der Waals surface area contributed by atoms with E-state index in [-0.39, 0.29) is 29.7 Å². The van der Waals surface area contributed by atoms with E-state index in [2.05, 4.69) is 9.98 Å². The van der Waals surface area contributed by atoms with Gasteiger partial charge in [0.2, 0.25) is 5.62 Å². The van der Waals surface area contributed by atoms with Crippen molar-refractivity contribution in [1.29, 1.82) is 0 Å². The fourth-order valence-electron chi connectivity index (χ4n) is 4.81. The number of carbonyl (C=O) groups is 2. The van der Waals surface area contributed by atoms with Crippen molar-refractivity contribution in [1.82, 2.24) is 9.55 Å². The van der Waals surface area contributed by atoms with Gasteiger partial charge in [0.1, 0.15) is 12.0 Å². The number of aromatic amines is 1. The number of methoxy groups -OCH3 is 1. The van der Waals surface area contributed by atoms with Gasteiger partial charge in [-0.05, 0) is 60.9 Å². The Balaban J connectivity index is 1.49. The molecule has 214 valence electrons. The maximum absolute atomic E-state index is 13.8. The van der Waals surface area contributed by atoms with E-state index in [0.29, 0.717) is 34.0 Å². The molecule has 1 aliphatic rings. The van der Waals surface area contributed by atoms with Crippen molar-refractivity contribution >= 4 is 18.0 Å². The molecule has 2 heterocycles. The highest BCUT2D eigenvalue weighted by atomic mass is 16.5. The number of aromatic carboxylic acids is 1. The third-order valence-electron chi connectivity index (χ3n) is 6.82. The minimum atomic E-state index is -0.992. The number of hydrogen-bond donors (Lipinski definition) is 2. The first kappa shape index (κ1) is 28.2. The molecule has 0 amide bonds. The second-order valence-corrected chi connectivity index (χ2v) is 9.53. The number of allylic oxidation sites excluding steroid dienone is 1. The molecule has 1 unspecified atom stereocenters. The van der Waals surface area contributed by atoms with Crippen LogP contribution >= 0.6 is 0 Å². The normalized spacial score (nSPS) is 14.6. The van der Waals surface area contributed by atoms with Gasteiger partial charge in [0.05, 0.1) is 36.6 Å². The molecule has 10 nitrogen and oxygen atoms in total. The molecule has 1 atom stereocenters. The quantitative estimate of drug-likeness (QED) is 0.297. The molecule has 0 saturated heterocycles. The number of hydrogen-bond acceptors (Lipinski definition) is 7. The average Bonchev–Trinajstić information content (AvgIpc) is 3.30. The zero-order chi connectivity index (χ0) is 29.8. The Kier molecular flexibility index (Phi) is 8.05. The van der Waals surface area contributed by atoms with Crippen LogP contribution in [0.1, 0.15) is 46.9 Å². The molecule has 1 aliphatic heterocycles. The summed E-state index contributed by atoms with van der Waals surface area (Å²) in [4.78, 5) is 45.5. The number of carboxylic acid groups (broad SMARTS) is 1. The highest BCUT2D eigenvalue weighted by Crippen LogP contribution is 2.31. The number of imidazole rings is 1. The summed E-state index contributed by atoms with van der Waals surface area (Å²) in [5, 5.41) is 9.36. The second-order valence-electron chi connectivity index (χ2n) is 9.53. The molecule has 0 saturated carbocycles. The van der Waals surface area contributed by atoms with E-state index in [4.69, 9.17) is 19.3 Å². The largest absolute Gasteiger partial charge is 0.493 e. The zero-order valence-corrected chi connectivity index (χ0v) is 23.3. The Bertz CT molecular complexity index is 1850. The summed E-state index contributed by atoms with van der Waals surface area (Å²) >= 11 is 0. The number of nitrogens with one attached hydrogen (secondary N) is 1. The summed E-state index contributed by atoms with van der Waals surface area (Å²) in [5.74, 6) is -0.572. The van der Waals surface area contributed by atoms with Gasteiger partial charge in [-0.15, -0.1) is 0 Å². The van der Waals surface area contributed by atoms with Gasteiger partial charge in [-0.3, -0.25) is 9.36 Å². The molecule has 5 rings (SSSR count). The van der Waals surface area contributed by atoms with Crippen molar-refractivity contribution in [3.05, 3.63) is 128 Å². The first-order valence-electron chi connectivity index (χ1n) is 13.3. The Morgan fingerprint density at radius 3 is 2.45 bits per heavy atom. The lowest BCUT2D eigenvalue weighted by molar-refractivity contribution is -0.139. The van der Waals surface area contributed by atoms with Crippen molar-refractivity contribution in [2.45, 2.75) is 26.5 Å². The predicted octanol–water partition coefficient (Wildman–Crippen LogP) is 3.35. The standard InChI is InChI=1S/C32H29N3O7/c1-4-41-31(39)27-19(2)33-32-34-24(29(36)35(32)28(27)22-8-6-5-7-9-22)16-21-12-15-25(26(17-21)40-3)42-18-20-10-13-23(14-11-20)30(37)38/h5-17,28H,4,18H2,1-3H3,(H,33,34)(H,37,38)/b24-16-. The van der Waals surface area contributed by atoms with E-state index in [1.54, 1.807) is 50.3 Å². The second kappa shape index (κ2) is 12.0. The van der Waals surface area contributed by atoms with Crippen LogP contribution in [0.25, 0.3) is 6.08 Å². The summed E-state index contributed by atoms with van der Waals surface area (Å²) in [5.41, 5.74) is 3.18. The summed E-state index contributed by atoms with van der Waals surface area (Å²) in [6.07, 6.45) is 1.68. The molecular weight excluding hydrogens is 538 g/mol. The topological polar surface area (TPSA) is 132 Å². The van der Waals surface area contributed by atoms with E-state index in [9.17, 15) is 14.4 Å². The molecule has 0 spiro atoms. The molecule has 0 fully saturated rings. The number of fused-ring (bicyclic) bond motifs is 1. The van der Waals surface area contributed by atoms with Gasteiger partial charge >= 0.3 is 11.9 Å². The molecule has 0 bridgehead atoms. The highest BCUT2D eigenvalue weighted by molar-refractivity contribution is 5.91. The van der Waals surface area contributed by atoms with Crippen LogP contribution < -0.4 is 26.0 Å². The van der Waals surface area contributed by atoms with E-state index in [1.807, 2.05) is 30.3 Å². The minimum Gasteiger partial charge on any atom is -0.493 e. The van der Waals surface area contributed by atoms with E-state index >= 15 is 0 Å². The lowest BCUT2D eigenvalue weighted by Crippen LogP contribution is -2.40. The maximum Gasteiger partial charge on any atom is 0.338 e. The molecule has 0 aliphatic carbocycles. The predicted molar refractivity (Wildman–Crippen MR) is 154 cm³/mol. The van der Waals surface area contributed by atoms with E-state index in [1.165, 1.54) is 23.8 Å². The molecule has 0 radical (unpaired) electrons. The third kappa shape index (κ3) is 5.60. The van der Waals surface area contributed by atoms with Crippen molar-refractivity contribution in [3.63, 3.8) is 0 Å². The maximum atomic E-state index is 13.8. The van der Waals surface area contributed by atoms with Crippen LogP contribution in [0.15, 0.2) is 93.9 Å². The van der Waals surface area contributed by atoms with Crippen LogP contribution in [0.5, 0.6) is 11.5 Å². The van der Waals surface area contributed by atoms with Crippen LogP contribution in [0.2, 0.25) is 0 Å². The van der Waals surface area contributed by atoms with Gasteiger partial charge in [0.15, 0.2) is 11.5 Å². The number of carboxylic acids is 1. The monoisotopic (exact) mass is 567 g/mol. The van der Waals surface area contributed by atoms with E-state index in [0.717, 1.165) is 11.1 Å². The fraction of sp³-hybridized carbons (Fsp3) is 0.188. The van der Waals surface area contributed by atoms with Gasteiger partial charge in [-0.25, -0.2) is 14.6 Å². The first-order chi connectivity index (χ1) is 20.3. The number of ether oxygens (including phenoxy) is 3. The van der Waals surface area contributed by atoms with Crippen molar-refractivity contribution in [2.75, 3.05) is 13.7 Å². The molecule has 2 N–H and O–H groups in total. The summed E-state index contributed by atoms with van der Waals surface area (Å²) in [6.45, 7) is 3.87. The van der Waals surface area contributed by atoms with Crippen LogP contribution in [-0.2, 0) is 16.1 Å². The molecule has 42 heavy (non-hydrogen) atoms. The van der Waals surface area contributed by atoms with Crippen molar-refractivity contribution < 1.29 is 28.9 Å². The van der Waals surface area contributed by atoms with Gasteiger partial charge in [0, 0.05) is 0 Å². The van der Waals surface area contributed by atoms with Crippen LogP contribution in [0.4, 0.5) is 0 Å². The number of H-pyrrole nitrogens is 1. The van der Waals surface area contributed by atoms with Crippen LogP contribution in [-0.4, -0.2) is 40.3 Å². The summed E-state index contributed by atoms with van der Waals surface area (Å²) in [7, 11) is 1.52. The number of benzene rings is 3. The smallest absolute Gasteiger partial charge is 0.338 e. The van der Waals surface area contributed by atoms with Gasteiger partial charge in [-0.2, -0.15) is 0 Å². The number of rotatable bonds is 9. The summed E-state index contributed by atoms with van der Waals surface area (Å²) < 4.78 is 18.2. The number of nitrogens with zero attached hydrogens (tertiary/aromatic N) is 2. The number of aromatic nitrogens is 2. The molecule has 1 aromatic heterocycles. The van der Waals surface area contributed by atoms with Gasteiger partial charge in [-0.1, -0.05) is 48.5 Å². The Labute approximate surface area is 240 Å². The summed E-state index contributed by atoms with van der Waals surface area (Å²) in [6, 6.07) is 20.3. The number of carbonyl (C=O) groups excluding carboxylic acids is 1. The van der Waals surface area contributed by atoms with Crippen LogP contribution in [0, 0.1) is 0 Å². The first-order valence-corrected chi connectivity index (χ1v) is 13.3. The minimum absolute atomic E-state index is 0.198. The zero-order valence-electron chi connectivity index (χ0n) is 23.3. The lowest BCUT2D eigenvalue weighted by atomic mass is 9.96. The van der Waals surface area contributed by atoms with Gasteiger partial charge in [0.25, 0.3) is 5.56 Å². The van der Waals surface area contributed by atoms with Crippen molar-refractivity contribution in [2.24, 2.45) is 4.99 Å². The molecule has 3 aromatic carbocycles. The Morgan fingerprint density at radius 1 is 1.05 bits per heavy atom. The fourth-order valence-corrected chi connectivity index (χ4v) is 4.81. The van der Waals surface area contributed by atoms with Gasteiger partial charge < -0.3 is 24.3 Å². The molecule has 10 heteroatoms. The number of esters is 1. The van der Waals surface area contributed by atoms with Crippen LogP contribution in [0.3, 0.4) is 0 Å².